The molecule has 0 bridgehead atoms. The van der Waals surface area contributed by atoms with E-state index in [-0.39, 0.29) is 11.8 Å². The van der Waals surface area contributed by atoms with Gasteiger partial charge in [-0.15, -0.1) is 0 Å². The molecule has 0 aromatic carbocycles. The average Bonchev–Trinajstić information content (AvgIpc) is 2.81. The maximum Gasteiger partial charge on any atom is 0.148 e. The van der Waals surface area contributed by atoms with Crippen LogP contribution >= 0.6 is 0 Å². The zero-order valence-corrected chi connectivity index (χ0v) is 9.76. The van der Waals surface area contributed by atoms with E-state index in [0.29, 0.717) is 12.5 Å². The van der Waals surface area contributed by atoms with Crippen molar-refractivity contribution in [1.82, 2.24) is 4.90 Å². The van der Waals surface area contributed by atoms with Gasteiger partial charge < -0.3 is 10.6 Å². The lowest BCUT2D eigenvalue weighted by atomic mass is 10.2. The lowest BCUT2D eigenvalue weighted by Gasteiger charge is -2.20. The van der Waals surface area contributed by atoms with E-state index in [4.69, 9.17) is 5.73 Å². The number of nitrogens with two attached hydrogens (primary N) is 1. The van der Waals surface area contributed by atoms with Crippen LogP contribution in [0.15, 0.2) is 0 Å². The van der Waals surface area contributed by atoms with Crippen LogP contribution < -0.4 is 5.73 Å². The zero-order valence-electron chi connectivity index (χ0n) is 8.94. The van der Waals surface area contributed by atoms with Crippen LogP contribution in [0.1, 0.15) is 12.8 Å². The Morgan fingerprint density at radius 3 is 2.50 bits per heavy atom. The van der Waals surface area contributed by atoms with Gasteiger partial charge in [-0.05, 0) is 25.8 Å². The Morgan fingerprint density at radius 1 is 1.50 bits per heavy atom. The van der Waals surface area contributed by atoms with Crippen molar-refractivity contribution in [3.05, 3.63) is 0 Å². The molecule has 0 spiro atoms. The lowest BCUT2D eigenvalue weighted by Crippen LogP contribution is -2.38. The molecule has 0 radical (unpaired) electrons. The number of hydrogen-bond acceptors (Lipinski definition) is 4. The third kappa shape index (κ3) is 4.93. The van der Waals surface area contributed by atoms with Crippen molar-refractivity contribution in [1.29, 1.82) is 0 Å². The van der Waals surface area contributed by atoms with Crippen molar-refractivity contribution in [3.8, 4) is 0 Å². The first-order valence-corrected chi connectivity index (χ1v) is 7.06. The van der Waals surface area contributed by atoms with E-state index in [0.717, 1.165) is 6.54 Å². The van der Waals surface area contributed by atoms with Crippen molar-refractivity contribution >= 4 is 9.84 Å². The molecule has 1 atom stereocenters. The Morgan fingerprint density at radius 2 is 2.07 bits per heavy atom. The summed E-state index contributed by atoms with van der Waals surface area (Å²) in [4.78, 5) is 2.00. The van der Waals surface area contributed by atoms with E-state index in [1.54, 1.807) is 0 Å². The van der Waals surface area contributed by atoms with E-state index < -0.39 is 9.84 Å². The summed E-state index contributed by atoms with van der Waals surface area (Å²) in [5.41, 5.74) is 5.93. The van der Waals surface area contributed by atoms with Crippen molar-refractivity contribution in [2.75, 3.05) is 32.1 Å². The van der Waals surface area contributed by atoms with Gasteiger partial charge in [-0.1, -0.05) is 0 Å². The van der Waals surface area contributed by atoms with E-state index >= 15 is 0 Å². The highest BCUT2D eigenvalue weighted by molar-refractivity contribution is 7.90. The number of likely N-dealkylation sites (N-methyl/N-ethyl adjacent to an activating group) is 1. The lowest BCUT2D eigenvalue weighted by molar-refractivity contribution is 0.314. The minimum Gasteiger partial charge on any atom is -0.326 e. The second-order valence-corrected chi connectivity index (χ2v) is 6.65. The topological polar surface area (TPSA) is 63.4 Å². The molecule has 0 saturated heterocycles. The average molecular weight is 220 g/mol. The predicted octanol–water partition coefficient (Wildman–Crippen LogP) is -0.300. The summed E-state index contributed by atoms with van der Waals surface area (Å²) in [7, 11) is -0.918. The second kappa shape index (κ2) is 4.59. The highest BCUT2D eigenvalue weighted by Gasteiger charge is 2.28. The molecular weight excluding hydrogens is 200 g/mol. The fourth-order valence-electron chi connectivity index (χ4n) is 1.45. The van der Waals surface area contributed by atoms with E-state index in [1.165, 1.54) is 19.1 Å². The quantitative estimate of drug-likeness (QED) is 0.667. The third-order valence-electron chi connectivity index (χ3n) is 2.59. The molecule has 0 aliphatic heterocycles. The van der Waals surface area contributed by atoms with Crippen LogP contribution in [-0.4, -0.2) is 51.5 Å². The first-order chi connectivity index (χ1) is 6.38. The molecule has 4 nitrogen and oxygen atoms in total. The molecule has 84 valence electrons. The predicted molar refractivity (Wildman–Crippen MR) is 57.9 cm³/mol. The van der Waals surface area contributed by atoms with Crippen LogP contribution in [0.5, 0.6) is 0 Å². The first-order valence-electron chi connectivity index (χ1n) is 5.00. The van der Waals surface area contributed by atoms with E-state index in [9.17, 15) is 8.42 Å². The first kappa shape index (κ1) is 11.9. The van der Waals surface area contributed by atoms with Gasteiger partial charge in [0.05, 0.1) is 5.75 Å². The van der Waals surface area contributed by atoms with Crippen molar-refractivity contribution in [2.24, 2.45) is 11.7 Å². The molecule has 1 aliphatic rings. The molecule has 0 aromatic heterocycles. The summed E-state index contributed by atoms with van der Waals surface area (Å²) < 4.78 is 21.8. The normalized spacial score (nSPS) is 20.0. The molecule has 1 aliphatic carbocycles. The van der Waals surface area contributed by atoms with Gasteiger partial charge in [0, 0.05) is 25.4 Å². The third-order valence-corrected chi connectivity index (χ3v) is 3.52. The monoisotopic (exact) mass is 220 g/mol. The molecule has 1 fully saturated rings. The summed E-state index contributed by atoms with van der Waals surface area (Å²) >= 11 is 0. The van der Waals surface area contributed by atoms with Crippen molar-refractivity contribution < 1.29 is 8.42 Å². The maximum atomic E-state index is 10.9. The molecule has 0 heterocycles. The Bertz CT molecular complexity index is 273. The zero-order chi connectivity index (χ0) is 10.8. The van der Waals surface area contributed by atoms with Gasteiger partial charge in [-0.3, -0.25) is 0 Å². The van der Waals surface area contributed by atoms with Crippen LogP contribution in [0.2, 0.25) is 0 Å². The van der Waals surface area contributed by atoms with Gasteiger partial charge in [0.15, 0.2) is 0 Å². The van der Waals surface area contributed by atoms with Gasteiger partial charge >= 0.3 is 0 Å². The van der Waals surface area contributed by atoms with E-state index in [1.807, 2.05) is 11.9 Å². The second-order valence-electron chi connectivity index (χ2n) is 4.39. The number of sulfone groups is 1. The van der Waals surface area contributed by atoms with Crippen LogP contribution in [0, 0.1) is 5.92 Å². The van der Waals surface area contributed by atoms with Gasteiger partial charge in [0.1, 0.15) is 9.84 Å². The standard InChI is InChI=1S/C9H20N2O2S/c1-11(5-6-14(2,12)13)7-9(10)8-3-4-8/h8-9H,3-7,10H2,1-2H3. The highest BCUT2D eigenvalue weighted by atomic mass is 32.2. The van der Waals surface area contributed by atoms with Crippen LogP contribution in [0.3, 0.4) is 0 Å². The molecule has 5 heteroatoms. The fraction of sp³-hybridized carbons (Fsp3) is 1.00. The maximum absolute atomic E-state index is 10.9. The molecule has 1 unspecified atom stereocenters. The smallest absolute Gasteiger partial charge is 0.148 e. The van der Waals surface area contributed by atoms with E-state index in [2.05, 4.69) is 0 Å². The molecular formula is C9H20N2O2S. The van der Waals surface area contributed by atoms with Crippen molar-refractivity contribution in [2.45, 2.75) is 18.9 Å². The summed E-state index contributed by atoms with van der Waals surface area (Å²) in [6.07, 6.45) is 3.74. The summed E-state index contributed by atoms with van der Waals surface area (Å²) in [6.45, 7) is 1.39. The Kier molecular flexibility index (Phi) is 3.92. The molecule has 1 rings (SSSR count). The molecule has 1 saturated carbocycles. The van der Waals surface area contributed by atoms with Gasteiger partial charge in [0.2, 0.25) is 0 Å². The van der Waals surface area contributed by atoms with Crippen LogP contribution in [0.25, 0.3) is 0 Å². The number of rotatable bonds is 6. The Labute approximate surface area is 86.4 Å². The van der Waals surface area contributed by atoms with Gasteiger partial charge in [0.25, 0.3) is 0 Å². The molecule has 14 heavy (non-hydrogen) atoms. The molecule has 0 aromatic rings. The highest BCUT2D eigenvalue weighted by Crippen LogP contribution is 2.31. The minimum atomic E-state index is -2.84. The Balaban J connectivity index is 2.18. The summed E-state index contributed by atoms with van der Waals surface area (Å²) in [6, 6.07) is 0.222. The summed E-state index contributed by atoms with van der Waals surface area (Å²) in [5.74, 6) is 0.900. The number of nitrogens with zero attached hydrogens (tertiary/aromatic N) is 1. The van der Waals surface area contributed by atoms with Crippen molar-refractivity contribution in [3.63, 3.8) is 0 Å². The molecule has 0 amide bonds. The van der Waals surface area contributed by atoms with Gasteiger partial charge in [-0.2, -0.15) is 0 Å². The largest absolute Gasteiger partial charge is 0.326 e. The fourth-order valence-corrected chi connectivity index (χ4v) is 2.09. The van der Waals surface area contributed by atoms with Crippen LogP contribution in [-0.2, 0) is 9.84 Å². The number of hydrogen-bond donors (Lipinski definition) is 1. The Hall–Kier alpha value is -0.130. The summed E-state index contributed by atoms with van der Waals surface area (Å²) in [5, 5.41) is 0. The SMILES string of the molecule is CN(CCS(C)(=O)=O)CC(N)C1CC1. The van der Waals surface area contributed by atoms with Crippen LogP contribution in [0.4, 0.5) is 0 Å². The van der Waals surface area contributed by atoms with Gasteiger partial charge in [-0.25, -0.2) is 8.42 Å². The minimum absolute atomic E-state index is 0.222. The molecule has 2 N–H and O–H groups in total.